The fraction of sp³-hybridized carbons (Fsp3) is 1.00. The molecule has 1 saturated heterocycles. The molecule has 0 aromatic carbocycles. The first-order chi connectivity index (χ1) is 8.22. The highest BCUT2D eigenvalue weighted by Gasteiger charge is 2.13. The molecule has 0 saturated carbocycles. The standard InChI is InChI=1S/C15H31NO/c1-13(12-14(2)16-3)6-4-5-7-15-8-10-17-11-9-15/h13-16H,4-12H2,1-3H3. The van der Waals surface area contributed by atoms with Gasteiger partial charge in [0.15, 0.2) is 0 Å². The molecule has 1 N–H and O–H groups in total. The van der Waals surface area contributed by atoms with Crippen LogP contribution in [0.3, 0.4) is 0 Å². The molecule has 0 aromatic heterocycles. The van der Waals surface area contributed by atoms with E-state index < -0.39 is 0 Å². The van der Waals surface area contributed by atoms with Gasteiger partial charge in [-0.1, -0.05) is 32.6 Å². The fourth-order valence-electron chi connectivity index (χ4n) is 2.80. The molecule has 0 aliphatic carbocycles. The first-order valence-electron chi connectivity index (χ1n) is 7.47. The van der Waals surface area contributed by atoms with Crippen LogP contribution in [0, 0.1) is 11.8 Å². The average Bonchev–Trinajstić information content (AvgIpc) is 2.36. The number of ether oxygens (including phenoxy) is 1. The average molecular weight is 241 g/mol. The van der Waals surface area contributed by atoms with E-state index in [0.717, 1.165) is 25.0 Å². The van der Waals surface area contributed by atoms with Crippen molar-refractivity contribution < 1.29 is 4.74 Å². The lowest BCUT2D eigenvalue weighted by atomic mass is 9.91. The monoisotopic (exact) mass is 241 g/mol. The summed E-state index contributed by atoms with van der Waals surface area (Å²) < 4.78 is 5.39. The van der Waals surface area contributed by atoms with Gasteiger partial charge in [-0.2, -0.15) is 0 Å². The Morgan fingerprint density at radius 3 is 2.53 bits per heavy atom. The Hall–Kier alpha value is -0.0800. The van der Waals surface area contributed by atoms with E-state index in [1.807, 2.05) is 0 Å². The third-order valence-corrected chi connectivity index (χ3v) is 4.15. The van der Waals surface area contributed by atoms with E-state index in [2.05, 4.69) is 26.2 Å². The minimum Gasteiger partial charge on any atom is -0.381 e. The van der Waals surface area contributed by atoms with Gasteiger partial charge in [-0.3, -0.25) is 0 Å². The normalized spacial score (nSPS) is 21.4. The second-order valence-corrected chi connectivity index (χ2v) is 5.87. The van der Waals surface area contributed by atoms with E-state index in [-0.39, 0.29) is 0 Å². The zero-order valence-electron chi connectivity index (χ0n) is 12.0. The van der Waals surface area contributed by atoms with Crippen molar-refractivity contribution in [3.05, 3.63) is 0 Å². The van der Waals surface area contributed by atoms with Crippen LogP contribution in [0.4, 0.5) is 0 Å². The molecule has 0 aromatic rings. The van der Waals surface area contributed by atoms with Crippen LogP contribution in [-0.2, 0) is 4.74 Å². The molecule has 17 heavy (non-hydrogen) atoms. The third-order valence-electron chi connectivity index (χ3n) is 4.15. The third kappa shape index (κ3) is 7.05. The molecule has 2 atom stereocenters. The Labute approximate surface area is 108 Å². The second-order valence-electron chi connectivity index (χ2n) is 5.87. The van der Waals surface area contributed by atoms with Gasteiger partial charge in [-0.05, 0) is 45.1 Å². The maximum atomic E-state index is 5.39. The van der Waals surface area contributed by atoms with Crippen molar-refractivity contribution in [2.75, 3.05) is 20.3 Å². The molecule has 1 aliphatic rings. The van der Waals surface area contributed by atoms with Crippen LogP contribution in [0.2, 0.25) is 0 Å². The molecule has 0 radical (unpaired) electrons. The summed E-state index contributed by atoms with van der Waals surface area (Å²) in [5, 5.41) is 3.32. The lowest BCUT2D eigenvalue weighted by Crippen LogP contribution is -2.23. The summed E-state index contributed by atoms with van der Waals surface area (Å²) in [5.74, 6) is 1.82. The van der Waals surface area contributed by atoms with Gasteiger partial charge in [0, 0.05) is 19.3 Å². The van der Waals surface area contributed by atoms with Gasteiger partial charge >= 0.3 is 0 Å². The first kappa shape index (κ1) is 15.0. The van der Waals surface area contributed by atoms with E-state index in [9.17, 15) is 0 Å². The largest absolute Gasteiger partial charge is 0.381 e. The smallest absolute Gasteiger partial charge is 0.0468 e. The summed E-state index contributed by atoms with van der Waals surface area (Å²) in [6.45, 7) is 6.67. The molecule has 2 nitrogen and oxygen atoms in total. The van der Waals surface area contributed by atoms with Gasteiger partial charge in [0.05, 0.1) is 0 Å². The summed E-state index contributed by atoms with van der Waals surface area (Å²) in [6, 6.07) is 0.667. The van der Waals surface area contributed by atoms with Crippen LogP contribution in [0.5, 0.6) is 0 Å². The fourth-order valence-corrected chi connectivity index (χ4v) is 2.80. The van der Waals surface area contributed by atoms with Crippen molar-refractivity contribution in [2.45, 2.75) is 64.8 Å². The van der Waals surface area contributed by atoms with Crippen molar-refractivity contribution >= 4 is 0 Å². The Morgan fingerprint density at radius 2 is 1.88 bits per heavy atom. The maximum absolute atomic E-state index is 5.39. The molecular weight excluding hydrogens is 210 g/mol. The molecule has 1 rings (SSSR count). The topological polar surface area (TPSA) is 21.3 Å². The quantitative estimate of drug-likeness (QED) is 0.656. The summed E-state index contributed by atoms with van der Waals surface area (Å²) in [4.78, 5) is 0. The summed E-state index contributed by atoms with van der Waals surface area (Å²) in [6.07, 6.45) is 9.57. The zero-order chi connectivity index (χ0) is 12.5. The lowest BCUT2D eigenvalue weighted by Gasteiger charge is -2.22. The van der Waals surface area contributed by atoms with Crippen LogP contribution in [0.15, 0.2) is 0 Å². The highest BCUT2D eigenvalue weighted by atomic mass is 16.5. The van der Waals surface area contributed by atoms with E-state index in [4.69, 9.17) is 4.74 Å². The van der Waals surface area contributed by atoms with E-state index in [1.165, 1.54) is 44.9 Å². The van der Waals surface area contributed by atoms with Crippen molar-refractivity contribution in [3.63, 3.8) is 0 Å². The molecular formula is C15H31NO. The predicted octanol–water partition coefficient (Wildman–Crippen LogP) is 3.61. The Kier molecular flexibility index (Phi) is 7.87. The lowest BCUT2D eigenvalue weighted by molar-refractivity contribution is 0.0630. The molecule has 1 aliphatic heterocycles. The highest BCUT2D eigenvalue weighted by molar-refractivity contribution is 4.66. The SMILES string of the molecule is CNC(C)CC(C)CCCCC1CCOCC1. The summed E-state index contributed by atoms with van der Waals surface area (Å²) >= 11 is 0. The molecule has 1 fully saturated rings. The number of rotatable bonds is 8. The van der Waals surface area contributed by atoms with Crippen LogP contribution in [-0.4, -0.2) is 26.3 Å². The van der Waals surface area contributed by atoms with Crippen molar-refractivity contribution in [2.24, 2.45) is 11.8 Å². The predicted molar refractivity (Wildman–Crippen MR) is 74.3 cm³/mol. The zero-order valence-corrected chi connectivity index (χ0v) is 12.0. The van der Waals surface area contributed by atoms with Crippen molar-refractivity contribution in [1.82, 2.24) is 5.32 Å². The van der Waals surface area contributed by atoms with E-state index in [0.29, 0.717) is 6.04 Å². The first-order valence-corrected chi connectivity index (χ1v) is 7.47. The highest BCUT2D eigenvalue weighted by Crippen LogP contribution is 2.22. The van der Waals surface area contributed by atoms with Crippen molar-refractivity contribution in [3.8, 4) is 0 Å². The molecule has 1 heterocycles. The van der Waals surface area contributed by atoms with Gasteiger partial charge in [0.25, 0.3) is 0 Å². The summed E-state index contributed by atoms with van der Waals surface area (Å²) in [5.41, 5.74) is 0. The Balaban J connectivity index is 1.95. The Bertz CT molecular complexity index is 178. The van der Waals surface area contributed by atoms with Gasteiger partial charge in [0.2, 0.25) is 0 Å². The molecule has 0 amide bonds. The van der Waals surface area contributed by atoms with Crippen molar-refractivity contribution in [1.29, 1.82) is 0 Å². The van der Waals surface area contributed by atoms with Crippen LogP contribution in [0.1, 0.15) is 58.8 Å². The summed E-state index contributed by atoms with van der Waals surface area (Å²) in [7, 11) is 2.06. The minimum absolute atomic E-state index is 0.667. The van der Waals surface area contributed by atoms with Crippen LogP contribution in [0.25, 0.3) is 0 Å². The van der Waals surface area contributed by atoms with Crippen LogP contribution < -0.4 is 5.32 Å². The van der Waals surface area contributed by atoms with Gasteiger partial charge in [-0.25, -0.2) is 0 Å². The minimum atomic E-state index is 0.667. The molecule has 0 spiro atoms. The molecule has 2 heteroatoms. The number of hydrogen-bond donors (Lipinski definition) is 1. The second kappa shape index (κ2) is 8.93. The van der Waals surface area contributed by atoms with E-state index in [1.54, 1.807) is 0 Å². The molecule has 102 valence electrons. The number of nitrogens with one attached hydrogen (secondary N) is 1. The van der Waals surface area contributed by atoms with Crippen LogP contribution >= 0.6 is 0 Å². The maximum Gasteiger partial charge on any atom is 0.0468 e. The number of hydrogen-bond acceptors (Lipinski definition) is 2. The number of unbranched alkanes of at least 4 members (excludes halogenated alkanes) is 1. The van der Waals surface area contributed by atoms with E-state index >= 15 is 0 Å². The molecule has 0 bridgehead atoms. The Morgan fingerprint density at radius 1 is 1.18 bits per heavy atom. The van der Waals surface area contributed by atoms with Gasteiger partial charge in [0.1, 0.15) is 0 Å². The van der Waals surface area contributed by atoms with Gasteiger partial charge < -0.3 is 10.1 Å². The molecule has 2 unspecified atom stereocenters. The van der Waals surface area contributed by atoms with Gasteiger partial charge in [-0.15, -0.1) is 0 Å².